The SMILES string of the molecule is CN(C)C(Cl)(CN)c1ccccc1. The van der Waals surface area contributed by atoms with Crippen molar-refractivity contribution < 1.29 is 0 Å². The van der Waals surface area contributed by atoms with Crippen LogP contribution >= 0.6 is 11.6 Å². The minimum Gasteiger partial charge on any atom is -0.327 e. The zero-order chi connectivity index (χ0) is 9.90. The highest BCUT2D eigenvalue weighted by Crippen LogP contribution is 2.29. The first kappa shape index (κ1) is 10.5. The molecule has 0 saturated carbocycles. The van der Waals surface area contributed by atoms with Crippen LogP contribution in [0.25, 0.3) is 0 Å². The van der Waals surface area contributed by atoms with Crippen LogP contribution in [0.4, 0.5) is 0 Å². The van der Waals surface area contributed by atoms with Gasteiger partial charge in [-0.1, -0.05) is 41.9 Å². The van der Waals surface area contributed by atoms with E-state index >= 15 is 0 Å². The number of alkyl halides is 1. The highest BCUT2D eigenvalue weighted by molar-refractivity contribution is 6.23. The maximum atomic E-state index is 6.38. The average molecular weight is 199 g/mol. The fourth-order valence-electron chi connectivity index (χ4n) is 1.25. The molecular formula is C10H15ClN2. The maximum absolute atomic E-state index is 6.38. The number of nitrogens with zero attached hydrogens (tertiary/aromatic N) is 1. The molecule has 72 valence electrons. The summed E-state index contributed by atoms with van der Waals surface area (Å²) in [6.07, 6.45) is 0. The van der Waals surface area contributed by atoms with Crippen molar-refractivity contribution in [3.63, 3.8) is 0 Å². The van der Waals surface area contributed by atoms with Crippen LogP contribution in [0.5, 0.6) is 0 Å². The molecule has 1 aromatic rings. The molecule has 1 aromatic carbocycles. The lowest BCUT2D eigenvalue weighted by Gasteiger charge is -2.33. The summed E-state index contributed by atoms with van der Waals surface area (Å²) in [6.45, 7) is 0.394. The highest BCUT2D eigenvalue weighted by Gasteiger charge is 2.29. The van der Waals surface area contributed by atoms with Crippen LogP contribution in [-0.2, 0) is 5.00 Å². The molecule has 2 nitrogen and oxygen atoms in total. The van der Waals surface area contributed by atoms with Crippen molar-refractivity contribution in [2.45, 2.75) is 5.00 Å². The van der Waals surface area contributed by atoms with Gasteiger partial charge in [0.2, 0.25) is 0 Å². The second-order valence-corrected chi connectivity index (χ2v) is 3.85. The third-order valence-corrected chi connectivity index (χ3v) is 2.91. The fraction of sp³-hybridized carbons (Fsp3) is 0.400. The first-order chi connectivity index (χ1) is 6.11. The van der Waals surface area contributed by atoms with E-state index in [-0.39, 0.29) is 0 Å². The number of likely N-dealkylation sites (N-methyl/N-ethyl adjacent to an activating group) is 1. The molecule has 0 radical (unpaired) electrons. The molecule has 3 heteroatoms. The Labute approximate surface area is 84.3 Å². The van der Waals surface area contributed by atoms with Crippen molar-refractivity contribution >= 4 is 11.6 Å². The predicted octanol–water partition coefficient (Wildman–Crippen LogP) is 1.60. The molecule has 0 aliphatic rings. The Bertz CT molecular complexity index is 261. The second kappa shape index (κ2) is 4.09. The van der Waals surface area contributed by atoms with E-state index in [4.69, 9.17) is 17.3 Å². The fourth-order valence-corrected chi connectivity index (χ4v) is 1.38. The van der Waals surface area contributed by atoms with Gasteiger partial charge in [0.1, 0.15) is 5.00 Å². The van der Waals surface area contributed by atoms with Gasteiger partial charge in [-0.25, -0.2) is 0 Å². The molecule has 13 heavy (non-hydrogen) atoms. The lowest BCUT2D eigenvalue weighted by Crippen LogP contribution is -2.42. The first-order valence-electron chi connectivity index (χ1n) is 4.23. The van der Waals surface area contributed by atoms with E-state index in [1.807, 2.05) is 49.3 Å². The highest BCUT2D eigenvalue weighted by atomic mass is 35.5. The van der Waals surface area contributed by atoms with Crippen molar-refractivity contribution in [2.75, 3.05) is 20.6 Å². The van der Waals surface area contributed by atoms with Crippen molar-refractivity contribution in [3.05, 3.63) is 35.9 Å². The number of rotatable bonds is 3. The zero-order valence-corrected chi connectivity index (χ0v) is 8.75. The molecular weight excluding hydrogens is 184 g/mol. The smallest absolute Gasteiger partial charge is 0.133 e. The van der Waals surface area contributed by atoms with Crippen LogP contribution in [0, 0.1) is 0 Å². The third-order valence-electron chi connectivity index (χ3n) is 2.20. The molecule has 2 N–H and O–H groups in total. The Morgan fingerprint density at radius 3 is 2.23 bits per heavy atom. The van der Waals surface area contributed by atoms with Gasteiger partial charge in [0.05, 0.1) is 0 Å². The predicted molar refractivity (Wildman–Crippen MR) is 56.7 cm³/mol. The first-order valence-corrected chi connectivity index (χ1v) is 4.61. The minimum absolute atomic E-state index is 0.394. The van der Waals surface area contributed by atoms with Gasteiger partial charge in [-0.2, -0.15) is 0 Å². The van der Waals surface area contributed by atoms with E-state index in [9.17, 15) is 0 Å². The molecule has 0 heterocycles. The van der Waals surface area contributed by atoms with Crippen LogP contribution in [0.2, 0.25) is 0 Å². The van der Waals surface area contributed by atoms with Crippen LogP contribution in [0.1, 0.15) is 5.56 Å². The summed E-state index contributed by atoms with van der Waals surface area (Å²) in [4.78, 5) is 1.34. The van der Waals surface area contributed by atoms with Gasteiger partial charge in [0.25, 0.3) is 0 Å². The molecule has 1 atom stereocenters. The Balaban J connectivity index is 3.03. The summed E-state index contributed by atoms with van der Waals surface area (Å²) in [5, 5.41) is 0. The molecule has 0 aromatic heterocycles. The van der Waals surface area contributed by atoms with Gasteiger partial charge in [-0.15, -0.1) is 0 Å². The summed E-state index contributed by atoms with van der Waals surface area (Å²) >= 11 is 6.38. The van der Waals surface area contributed by atoms with Gasteiger partial charge in [-0.3, -0.25) is 4.90 Å². The molecule has 0 aliphatic heterocycles. The van der Waals surface area contributed by atoms with Gasteiger partial charge in [0.15, 0.2) is 0 Å². The van der Waals surface area contributed by atoms with Gasteiger partial charge in [-0.05, 0) is 19.7 Å². The van der Waals surface area contributed by atoms with E-state index in [0.29, 0.717) is 6.54 Å². The van der Waals surface area contributed by atoms with E-state index in [0.717, 1.165) is 5.56 Å². The van der Waals surface area contributed by atoms with E-state index in [1.54, 1.807) is 0 Å². The van der Waals surface area contributed by atoms with E-state index < -0.39 is 5.00 Å². The quantitative estimate of drug-likeness (QED) is 0.591. The summed E-state index contributed by atoms with van der Waals surface area (Å²) in [6, 6.07) is 9.87. The number of benzene rings is 1. The van der Waals surface area contributed by atoms with Crippen molar-refractivity contribution in [3.8, 4) is 0 Å². The van der Waals surface area contributed by atoms with Gasteiger partial charge in [0, 0.05) is 6.54 Å². The minimum atomic E-state index is -0.582. The zero-order valence-electron chi connectivity index (χ0n) is 8.00. The summed E-state index contributed by atoms with van der Waals surface area (Å²) in [5.74, 6) is 0. The molecule has 0 fully saturated rings. The van der Waals surface area contributed by atoms with Gasteiger partial charge >= 0.3 is 0 Å². The lowest BCUT2D eigenvalue weighted by molar-refractivity contribution is 0.258. The maximum Gasteiger partial charge on any atom is 0.133 e. The third kappa shape index (κ3) is 2.02. The Morgan fingerprint density at radius 1 is 1.31 bits per heavy atom. The van der Waals surface area contributed by atoms with Crippen LogP contribution < -0.4 is 5.73 Å². The van der Waals surface area contributed by atoms with Crippen molar-refractivity contribution in [1.82, 2.24) is 4.90 Å². The summed E-state index contributed by atoms with van der Waals surface area (Å²) in [7, 11) is 3.85. The van der Waals surface area contributed by atoms with Crippen molar-refractivity contribution in [1.29, 1.82) is 0 Å². The second-order valence-electron chi connectivity index (χ2n) is 3.22. The normalized spacial score (nSPS) is 15.8. The number of halogens is 1. The standard InChI is InChI=1S/C10H15ClN2/c1-13(2)10(11,8-12)9-6-4-3-5-7-9/h3-7H,8,12H2,1-2H3. The number of hydrogen-bond acceptors (Lipinski definition) is 2. The average Bonchev–Trinajstić information content (AvgIpc) is 2.17. The van der Waals surface area contributed by atoms with Crippen LogP contribution in [0.3, 0.4) is 0 Å². The lowest BCUT2D eigenvalue weighted by atomic mass is 10.1. The van der Waals surface area contributed by atoms with E-state index in [2.05, 4.69) is 0 Å². The topological polar surface area (TPSA) is 29.3 Å². The number of hydrogen-bond donors (Lipinski definition) is 1. The van der Waals surface area contributed by atoms with Crippen LogP contribution in [-0.4, -0.2) is 25.5 Å². The summed E-state index contributed by atoms with van der Waals surface area (Å²) in [5.41, 5.74) is 6.70. The largest absolute Gasteiger partial charge is 0.327 e. The molecule has 0 spiro atoms. The monoisotopic (exact) mass is 198 g/mol. The molecule has 0 saturated heterocycles. The molecule has 0 aliphatic carbocycles. The molecule has 0 amide bonds. The Morgan fingerprint density at radius 2 is 1.85 bits per heavy atom. The Kier molecular flexibility index (Phi) is 3.31. The molecule has 1 rings (SSSR count). The van der Waals surface area contributed by atoms with Crippen molar-refractivity contribution in [2.24, 2.45) is 5.73 Å². The number of nitrogens with two attached hydrogens (primary N) is 1. The van der Waals surface area contributed by atoms with Crippen LogP contribution in [0.15, 0.2) is 30.3 Å². The van der Waals surface area contributed by atoms with Gasteiger partial charge < -0.3 is 5.73 Å². The summed E-state index contributed by atoms with van der Waals surface area (Å²) < 4.78 is 0. The Hall–Kier alpha value is -0.570. The van der Waals surface area contributed by atoms with E-state index in [1.165, 1.54) is 0 Å². The molecule has 1 unspecified atom stereocenters. The molecule has 0 bridgehead atoms.